The van der Waals surface area contributed by atoms with Crippen molar-refractivity contribution in [2.24, 2.45) is 0 Å². The second kappa shape index (κ2) is 12.3. The van der Waals surface area contributed by atoms with Crippen LogP contribution in [0.1, 0.15) is 25.0 Å². The Morgan fingerprint density at radius 3 is 2.03 bits per heavy atom. The minimum absolute atomic E-state index is 0.136. The normalized spacial score (nSPS) is 13.1. The van der Waals surface area contributed by atoms with Gasteiger partial charge in [0.15, 0.2) is 0 Å². The summed E-state index contributed by atoms with van der Waals surface area (Å²) in [6.07, 6.45) is 0. The first-order valence-electron chi connectivity index (χ1n) is 20.0. The molecule has 0 spiro atoms. The molecule has 0 fully saturated rings. The quantitative estimate of drug-likeness (QED) is 0.176. The van der Waals surface area contributed by atoms with E-state index in [9.17, 15) is 0 Å². The van der Waals surface area contributed by atoms with Crippen LogP contribution in [0.15, 0.2) is 197 Å². The van der Waals surface area contributed by atoms with Gasteiger partial charge in [-0.1, -0.05) is 141 Å². The van der Waals surface area contributed by atoms with Crippen LogP contribution in [0.5, 0.6) is 0 Å². The minimum atomic E-state index is -0.136. The van der Waals surface area contributed by atoms with Gasteiger partial charge in [-0.3, -0.25) is 0 Å². The number of nitrogens with zero attached hydrogens (tertiary/aromatic N) is 1. The second-order valence-corrected chi connectivity index (χ2v) is 16.1. The molecular formula is C55H37NO2. The van der Waals surface area contributed by atoms with Gasteiger partial charge in [-0.05, 0) is 104 Å². The summed E-state index contributed by atoms with van der Waals surface area (Å²) < 4.78 is 13.7. The van der Waals surface area contributed by atoms with Crippen molar-refractivity contribution < 1.29 is 8.83 Å². The zero-order valence-electron chi connectivity index (χ0n) is 32.2. The highest BCUT2D eigenvalue weighted by Crippen LogP contribution is 2.51. The molecule has 58 heavy (non-hydrogen) atoms. The Kier molecular flexibility index (Phi) is 6.98. The first kappa shape index (κ1) is 32.8. The van der Waals surface area contributed by atoms with Gasteiger partial charge < -0.3 is 13.7 Å². The van der Waals surface area contributed by atoms with Crippen LogP contribution in [0, 0.1) is 0 Å². The topological polar surface area (TPSA) is 29.5 Å². The maximum Gasteiger partial charge on any atom is 0.144 e. The van der Waals surface area contributed by atoms with Crippen LogP contribution in [-0.2, 0) is 5.41 Å². The third-order valence-electron chi connectivity index (χ3n) is 12.4. The summed E-state index contributed by atoms with van der Waals surface area (Å²) in [7, 11) is 0. The molecule has 0 atom stereocenters. The number of para-hydroxylation sites is 1. The summed E-state index contributed by atoms with van der Waals surface area (Å²) in [5.41, 5.74) is 16.3. The molecule has 0 saturated carbocycles. The molecule has 3 heteroatoms. The van der Waals surface area contributed by atoms with Gasteiger partial charge in [0.1, 0.15) is 22.3 Å². The third kappa shape index (κ3) is 4.86. The molecule has 2 heterocycles. The molecule has 11 aromatic rings. The molecule has 0 radical (unpaired) electrons. The van der Waals surface area contributed by atoms with E-state index in [0.717, 1.165) is 77.6 Å². The standard InChI is InChI=1S/C55H37NO2/c1-55(2)47-21-10-8-19-42(47)43-27-25-40(31-48(43)55)56(39-18-12-17-37(30-39)34-13-4-3-5-14-34)41-26-28-44-46-33-51-53(45-20-9-11-22-49(45)57-51)52(54(46)58-50(44)32-41)38-24-23-35-15-6-7-16-36(35)29-38/h3-33H,1-2H3. The van der Waals surface area contributed by atoms with Crippen LogP contribution in [0.2, 0.25) is 0 Å². The molecule has 0 unspecified atom stereocenters. The van der Waals surface area contributed by atoms with E-state index in [4.69, 9.17) is 8.83 Å². The highest BCUT2D eigenvalue weighted by atomic mass is 16.3. The van der Waals surface area contributed by atoms with Crippen molar-refractivity contribution in [3.63, 3.8) is 0 Å². The number of rotatable bonds is 5. The van der Waals surface area contributed by atoms with Crippen molar-refractivity contribution in [1.29, 1.82) is 0 Å². The van der Waals surface area contributed by atoms with E-state index in [1.165, 1.54) is 38.6 Å². The average Bonchev–Trinajstić information content (AvgIpc) is 3.90. The number of hydrogen-bond acceptors (Lipinski definition) is 3. The van der Waals surface area contributed by atoms with E-state index in [2.05, 4.69) is 195 Å². The van der Waals surface area contributed by atoms with Crippen LogP contribution in [-0.4, -0.2) is 0 Å². The predicted molar refractivity (Wildman–Crippen MR) is 242 cm³/mol. The molecule has 0 aliphatic heterocycles. The summed E-state index contributed by atoms with van der Waals surface area (Å²) >= 11 is 0. The first-order chi connectivity index (χ1) is 28.5. The summed E-state index contributed by atoms with van der Waals surface area (Å²) in [6, 6.07) is 67.6. The fourth-order valence-electron chi connectivity index (χ4n) is 9.60. The number of furan rings is 2. The minimum Gasteiger partial charge on any atom is -0.456 e. The van der Waals surface area contributed by atoms with Crippen LogP contribution in [0.25, 0.3) is 88.0 Å². The van der Waals surface area contributed by atoms with Crippen molar-refractivity contribution in [2.75, 3.05) is 4.90 Å². The number of benzene rings is 9. The SMILES string of the molecule is CC1(C)c2ccccc2-c2ccc(N(c3cccc(-c4ccccc4)c3)c3ccc4c(c3)oc3c(-c5ccc6ccccc6c5)c5c(cc34)oc3ccccc35)cc21. The van der Waals surface area contributed by atoms with E-state index in [1.54, 1.807) is 0 Å². The maximum absolute atomic E-state index is 7.11. The van der Waals surface area contributed by atoms with E-state index < -0.39 is 0 Å². The fourth-order valence-corrected chi connectivity index (χ4v) is 9.60. The van der Waals surface area contributed by atoms with Gasteiger partial charge in [0.25, 0.3) is 0 Å². The second-order valence-electron chi connectivity index (χ2n) is 16.1. The lowest BCUT2D eigenvalue weighted by atomic mass is 9.82. The molecule has 2 aromatic heterocycles. The van der Waals surface area contributed by atoms with Crippen molar-refractivity contribution >= 4 is 71.7 Å². The molecular weight excluding hydrogens is 707 g/mol. The van der Waals surface area contributed by atoms with Crippen molar-refractivity contribution in [1.82, 2.24) is 0 Å². The summed E-state index contributed by atoms with van der Waals surface area (Å²) in [6.45, 7) is 4.68. The van der Waals surface area contributed by atoms with Gasteiger partial charge in [-0.25, -0.2) is 0 Å². The van der Waals surface area contributed by atoms with Crippen molar-refractivity contribution in [3.8, 4) is 33.4 Å². The number of fused-ring (bicyclic) bond motifs is 10. The largest absolute Gasteiger partial charge is 0.456 e. The monoisotopic (exact) mass is 743 g/mol. The summed E-state index contributed by atoms with van der Waals surface area (Å²) in [5, 5.41) is 6.62. The molecule has 3 nitrogen and oxygen atoms in total. The smallest absolute Gasteiger partial charge is 0.144 e. The molecule has 12 rings (SSSR count). The van der Waals surface area contributed by atoms with Crippen molar-refractivity contribution in [3.05, 3.63) is 199 Å². The van der Waals surface area contributed by atoms with Crippen LogP contribution in [0.3, 0.4) is 0 Å². The Balaban J connectivity index is 1.09. The van der Waals surface area contributed by atoms with Crippen LogP contribution in [0.4, 0.5) is 17.1 Å². The van der Waals surface area contributed by atoms with Gasteiger partial charge in [-0.15, -0.1) is 0 Å². The van der Waals surface area contributed by atoms with Gasteiger partial charge >= 0.3 is 0 Å². The lowest BCUT2D eigenvalue weighted by Gasteiger charge is -2.28. The molecule has 1 aliphatic carbocycles. The fraction of sp³-hybridized carbons (Fsp3) is 0.0545. The summed E-state index contributed by atoms with van der Waals surface area (Å²) in [4.78, 5) is 2.38. The Hall–Kier alpha value is -7.36. The lowest BCUT2D eigenvalue weighted by molar-refractivity contribution is 0.660. The van der Waals surface area contributed by atoms with Gasteiger partial charge in [0, 0.05) is 55.7 Å². The molecule has 1 aliphatic rings. The van der Waals surface area contributed by atoms with Crippen LogP contribution >= 0.6 is 0 Å². The zero-order chi connectivity index (χ0) is 38.5. The molecule has 9 aromatic carbocycles. The Morgan fingerprint density at radius 1 is 0.397 bits per heavy atom. The number of anilines is 3. The molecule has 0 N–H and O–H groups in total. The molecule has 0 saturated heterocycles. The Morgan fingerprint density at radius 2 is 1.12 bits per heavy atom. The molecule has 274 valence electrons. The highest BCUT2D eigenvalue weighted by Gasteiger charge is 2.36. The van der Waals surface area contributed by atoms with E-state index in [0.29, 0.717) is 0 Å². The van der Waals surface area contributed by atoms with E-state index in [1.807, 2.05) is 12.1 Å². The zero-order valence-corrected chi connectivity index (χ0v) is 32.2. The lowest BCUT2D eigenvalue weighted by Crippen LogP contribution is -2.16. The Labute approximate surface area is 336 Å². The maximum atomic E-state index is 7.11. The molecule has 0 bridgehead atoms. The first-order valence-corrected chi connectivity index (χ1v) is 20.0. The van der Waals surface area contributed by atoms with Gasteiger partial charge in [0.05, 0.1) is 0 Å². The van der Waals surface area contributed by atoms with E-state index >= 15 is 0 Å². The third-order valence-corrected chi connectivity index (χ3v) is 12.4. The molecule has 0 amide bonds. The van der Waals surface area contributed by atoms with Gasteiger partial charge in [0.2, 0.25) is 0 Å². The van der Waals surface area contributed by atoms with Crippen LogP contribution < -0.4 is 4.90 Å². The van der Waals surface area contributed by atoms with E-state index in [-0.39, 0.29) is 5.41 Å². The predicted octanol–water partition coefficient (Wildman–Crippen LogP) is 15.7. The Bertz CT molecular complexity index is 3440. The highest BCUT2D eigenvalue weighted by molar-refractivity contribution is 6.24. The van der Waals surface area contributed by atoms with Crippen molar-refractivity contribution in [2.45, 2.75) is 19.3 Å². The van der Waals surface area contributed by atoms with Gasteiger partial charge in [-0.2, -0.15) is 0 Å². The number of hydrogen-bond donors (Lipinski definition) is 0. The average molecular weight is 744 g/mol. The summed E-state index contributed by atoms with van der Waals surface area (Å²) in [5.74, 6) is 0.